The van der Waals surface area contributed by atoms with E-state index < -0.39 is 0 Å². The van der Waals surface area contributed by atoms with Crippen molar-refractivity contribution < 1.29 is 0 Å². The van der Waals surface area contributed by atoms with Crippen molar-refractivity contribution in [3.05, 3.63) is 59.4 Å². The van der Waals surface area contributed by atoms with Crippen LogP contribution in [-0.2, 0) is 13.1 Å². The lowest BCUT2D eigenvalue weighted by Gasteiger charge is -2.22. The van der Waals surface area contributed by atoms with Gasteiger partial charge in [0, 0.05) is 44.3 Å². The van der Waals surface area contributed by atoms with Crippen LogP contribution in [0.4, 0.5) is 5.69 Å². The number of aromatic nitrogens is 1. The van der Waals surface area contributed by atoms with Gasteiger partial charge in [-0.15, -0.1) is 0 Å². The smallest absolute Gasteiger partial charge is 0.0427 e. The first-order chi connectivity index (χ1) is 10.2. The third-order valence-electron chi connectivity index (χ3n) is 4.01. The second-order valence-corrected chi connectivity index (χ2v) is 5.99. The van der Waals surface area contributed by atoms with Crippen molar-refractivity contribution in [2.75, 3.05) is 11.9 Å². The summed E-state index contributed by atoms with van der Waals surface area (Å²) >= 11 is 0. The van der Waals surface area contributed by atoms with E-state index in [0.717, 1.165) is 19.1 Å². The minimum Gasteiger partial charge on any atom is -0.370 e. The Balaban J connectivity index is 1.66. The average molecular weight is 281 g/mol. The third-order valence-corrected chi connectivity index (χ3v) is 4.01. The molecule has 3 nitrogen and oxygen atoms in total. The summed E-state index contributed by atoms with van der Waals surface area (Å²) in [6, 6.07) is 11.7. The number of anilines is 1. The van der Waals surface area contributed by atoms with Gasteiger partial charge in [0.15, 0.2) is 0 Å². The second-order valence-electron chi connectivity index (χ2n) is 5.99. The molecule has 1 aromatic carbocycles. The van der Waals surface area contributed by atoms with Crippen LogP contribution in [0.15, 0.2) is 42.7 Å². The van der Waals surface area contributed by atoms with Gasteiger partial charge in [0.1, 0.15) is 0 Å². The molecule has 1 heterocycles. The first-order valence-electron chi connectivity index (χ1n) is 7.65. The van der Waals surface area contributed by atoms with Crippen molar-refractivity contribution in [3.8, 4) is 0 Å². The van der Waals surface area contributed by atoms with Crippen LogP contribution in [-0.4, -0.2) is 18.1 Å². The molecular formula is C18H23N3. The van der Waals surface area contributed by atoms with Gasteiger partial charge in [-0.25, -0.2) is 0 Å². The zero-order valence-corrected chi connectivity index (χ0v) is 12.8. The standard InChI is InChI=1S/C18H23N3/c1-14-11-16(12-20-17-4-5-17)3-6-18(14)21(2)13-15-7-9-19-10-8-15/h3,6-11,17,20H,4-5,12-13H2,1-2H3. The molecule has 0 atom stereocenters. The number of nitrogens with one attached hydrogen (secondary N) is 1. The molecule has 21 heavy (non-hydrogen) atoms. The largest absolute Gasteiger partial charge is 0.370 e. The normalized spacial score (nSPS) is 14.2. The van der Waals surface area contributed by atoms with Crippen LogP contribution < -0.4 is 10.2 Å². The van der Waals surface area contributed by atoms with Crippen molar-refractivity contribution in [1.29, 1.82) is 0 Å². The third kappa shape index (κ3) is 3.82. The SMILES string of the molecule is Cc1cc(CNC2CC2)ccc1N(C)Cc1ccncc1. The van der Waals surface area contributed by atoms with E-state index in [-0.39, 0.29) is 0 Å². The summed E-state index contributed by atoms with van der Waals surface area (Å²) in [5.74, 6) is 0. The molecule has 0 bridgehead atoms. The summed E-state index contributed by atoms with van der Waals surface area (Å²) in [6.07, 6.45) is 6.38. The van der Waals surface area contributed by atoms with Crippen molar-refractivity contribution in [1.82, 2.24) is 10.3 Å². The highest BCUT2D eigenvalue weighted by molar-refractivity contribution is 5.54. The van der Waals surface area contributed by atoms with Crippen LogP contribution >= 0.6 is 0 Å². The van der Waals surface area contributed by atoms with E-state index in [4.69, 9.17) is 0 Å². The molecule has 1 N–H and O–H groups in total. The molecule has 1 fully saturated rings. The highest BCUT2D eigenvalue weighted by Crippen LogP contribution is 2.23. The predicted molar refractivity (Wildman–Crippen MR) is 87.4 cm³/mol. The average Bonchev–Trinajstić information content (AvgIpc) is 3.30. The predicted octanol–water partition coefficient (Wildman–Crippen LogP) is 3.28. The topological polar surface area (TPSA) is 28.2 Å². The van der Waals surface area contributed by atoms with Crippen LogP contribution in [0.2, 0.25) is 0 Å². The van der Waals surface area contributed by atoms with E-state index in [1.165, 1.54) is 35.2 Å². The number of hydrogen-bond acceptors (Lipinski definition) is 3. The lowest BCUT2D eigenvalue weighted by molar-refractivity contribution is 0.687. The van der Waals surface area contributed by atoms with Gasteiger partial charge in [0.25, 0.3) is 0 Å². The molecule has 1 aliphatic rings. The van der Waals surface area contributed by atoms with E-state index >= 15 is 0 Å². The zero-order chi connectivity index (χ0) is 14.7. The quantitative estimate of drug-likeness (QED) is 0.880. The van der Waals surface area contributed by atoms with Gasteiger partial charge in [-0.2, -0.15) is 0 Å². The number of rotatable bonds is 6. The van der Waals surface area contributed by atoms with Crippen molar-refractivity contribution >= 4 is 5.69 Å². The van der Waals surface area contributed by atoms with Gasteiger partial charge in [-0.1, -0.05) is 12.1 Å². The second kappa shape index (κ2) is 6.27. The van der Waals surface area contributed by atoms with Crippen molar-refractivity contribution in [3.63, 3.8) is 0 Å². The Hall–Kier alpha value is -1.87. The molecule has 0 aliphatic heterocycles. The molecule has 110 valence electrons. The Morgan fingerprint density at radius 2 is 1.90 bits per heavy atom. The van der Waals surface area contributed by atoms with Gasteiger partial charge in [0.05, 0.1) is 0 Å². The van der Waals surface area contributed by atoms with Crippen LogP contribution in [0.25, 0.3) is 0 Å². The van der Waals surface area contributed by atoms with Crippen LogP contribution in [0.5, 0.6) is 0 Å². The van der Waals surface area contributed by atoms with Crippen LogP contribution in [0.1, 0.15) is 29.5 Å². The number of hydrogen-bond donors (Lipinski definition) is 1. The molecule has 0 spiro atoms. The first kappa shape index (κ1) is 14.1. The van der Waals surface area contributed by atoms with Gasteiger partial charge >= 0.3 is 0 Å². The summed E-state index contributed by atoms with van der Waals surface area (Å²) in [5.41, 5.74) is 5.29. The van der Waals surface area contributed by atoms with Gasteiger partial charge < -0.3 is 10.2 Å². The molecule has 2 aromatic rings. The summed E-state index contributed by atoms with van der Waals surface area (Å²) < 4.78 is 0. The highest BCUT2D eigenvalue weighted by Gasteiger charge is 2.20. The minimum atomic E-state index is 0.763. The maximum absolute atomic E-state index is 4.07. The van der Waals surface area contributed by atoms with E-state index in [1.807, 2.05) is 12.4 Å². The molecule has 1 aromatic heterocycles. The monoisotopic (exact) mass is 281 g/mol. The molecule has 1 saturated carbocycles. The van der Waals surface area contributed by atoms with E-state index in [0.29, 0.717) is 0 Å². The first-order valence-corrected chi connectivity index (χ1v) is 7.65. The summed E-state index contributed by atoms with van der Waals surface area (Å²) in [7, 11) is 2.14. The van der Waals surface area contributed by atoms with Crippen molar-refractivity contribution in [2.24, 2.45) is 0 Å². The Bertz CT molecular complexity index is 591. The Kier molecular flexibility index (Phi) is 4.20. The lowest BCUT2D eigenvalue weighted by atomic mass is 10.1. The van der Waals surface area contributed by atoms with Crippen molar-refractivity contribution in [2.45, 2.75) is 38.9 Å². The van der Waals surface area contributed by atoms with Crippen LogP contribution in [0, 0.1) is 6.92 Å². The highest BCUT2D eigenvalue weighted by atomic mass is 15.1. The van der Waals surface area contributed by atoms with Gasteiger partial charge in [-0.05, 0) is 54.7 Å². The zero-order valence-electron chi connectivity index (χ0n) is 12.8. The molecule has 0 unspecified atom stereocenters. The summed E-state index contributed by atoms with van der Waals surface area (Å²) in [5, 5.41) is 3.57. The number of pyridine rings is 1. The molecule has 3 heteroatoms. The maximum Gasteiger partial charge on any atom is 0.0427 e. The fraction of sp³-hybridized carbons (Fsp3) is 0.389. The van der Waals surface area contributed by atoms with E-state index in [2.05, 4.69) is 59.5 Å². The van der Waals surface area contributed by atoms with E-state index in [1.54, 1.807) is 0 Å². The summed E-state index contributed by atoms with van der Waals surface area (Å²) in [4.78, 5) is 6.36. The number of nitrogens with zero attached hydrogens (tertiary/aromatic N) is 2. The molecular weight excluding hydrogens is 258 g/mol. The fourth-order valence-corrected chi connectivity index (χ4v) is 2.65. The number of aryl methyl sites for hydroxylation is 1. The van der Waals surface area contributed by atoms with Gasteiger partial charge in [-0.3, -0.25) is 4.98 Å². The van der Waals surface area contributed by atoms with Crippen LogP contribution in [0.3, 0.4) is 0 Å². The minimum absolute atomic E-state index is 0.763. The van der Waals surface area contributed by atoms with Gasteiger partial charge in [0.2, 0.25) is 0 Å². The molecule has 0 saturated heterocycles. The lowest BCUT2D eigenvalue weighted by Crippen LogP contribution is -2.18. The molecule has 3 rings (SSSR count). The molecule has 0 radical (unpaired) electrons. The maximum atomic E-state index is 4.07. The summed E-state index contributed by atoms with van der Waals surface area (Å²) in [6.45, 7) is 4.09. The molecule has 1 aliphatic carbocycles. The Morgan fingerprint density at radius 1 is 1.14 bits per heavy atom. The Morgan fingerprint density at radius 3 is 2.57 bits per heavy atom. The molecule has 0 amide bonds. The fourth-order valence-electron chi connectivity index (χ4n) is 2.65. The Labute approximate surface area is 127 Å². The number of benzene rings is 1. The van der Waals surface area contributed by atoms with E-state index in [9.17, 15) is 0 Å².